The normalized spacial score (nSPS) is 27.5. The van der Waals surface area contributed by atoms with Crippen LogP contribution in [0.5, 0.6) is 11.8 Å². The molecule has 3 saturated carbocycles. The molecule has 0 amide bonds. The minimum atomic E-state index is -0.758. The molecule has 2 saturated heterocycles. The second-order valence-corrected chi connectivity index (χ2v) is 15.1. The predicted octanol–water partition coefficient (Wildman–Crippen LogP) is 7.50. The van der Waals surface area contributed by atoms with Crippen molar-refractivity contribution in [3.8, 4) is 35.2 Å². The van der Waals surface area contributed by atoms with Crippen molar-refractivity contribution < 1.29 is 18.3 Å². The number of hydrogen-bond acceptors (Lipinski definition) is 8. The lowest BCUT2D eigenvalue weighted by Gasteiger charge is -2.67. The molecule has 2 aromatic heterocycles. The van der Waals surface area contributed by atoms with E-state index in [0.717, 1.165) is 68.5 Å². The van der Waals surface area contributed by atoms with Crippen LogP contribution in [0.2, 0.25) is 5.02 Å². The Balaban J connectivity index is 1.29. The van der Waals surface area contributed by atoms with Gasteiger partial charge in [-0.2, -0.15) is 9.97 Å². The molecule has 47 heavy (non-hydrogen) atoms. The van der Waals surface area contributed by atoms with Crippen LogP contribution in [0.15, 0.2) is 24.3 Å². The zero-order valence-corrected chi connectivity index (χ0v) is 26.9. The second kappa shape index (κ2) is 9.93. The molecule has 10 rings (SSSR count). The van der Waals surface area contributed by atoms with Gasteiger partial charge in [-0.25, -0.2) is 13.6 Å². The van der Waals surface area contributed by atoms with Gasteiger partial charge in [-0.15, -0.1) is 17.8 Å². The average molecular weight is 671 g/mol. The first-order valence-corrected chi connectivity index (χ1v) is 16.9. The van der Waals surface area contributed by atoms with Crippen molar-refractivity contribution in [1.29, 1.82) is 0 Å². The molecule has 6 aliphatic rings. The topological polar surface area (TPSA) is 81.1 Å². The van der Waals surface area contributed by atoms with Crippen LogP contribution in [-0.2, 0) is 0 Å². The Labute approximate surface area is 278 Å². The Bertz CT molecular complexity index is 2160. The SMILES string of the molecule is [C-]#[N+]c1c(N)sc2c(F)ccc(-c3c(Cl)c4c5c(nc(OC[C@@]67CCCN6CC(=C)C7)nc5c3F)N(C35CC(C3)C5)[C@H](C#C)CO4)c12. The minimum Gasteiger partial charge on any atom is -0.488 e. The summed E-state index contributed by atoms with van der Waals surface area (Å²) in [6.45, 7) is 14.2. The molecule has 8 nitrogen and oxygen atoms in total. The van der Waals surface area contributed by atoms with Crippen molar-refractivity contribution in [2.75, 3.05) is 36.9 Å². The number of benzene rings is 2. The lowest BCUT2D eigenvalue weighted by atomic mass is 9.48. The first-order chi connectivity index (χ1) is 22.7. The molecule has 12 heteroatoms. The number of anilines is 2. The number of nitrogen functional groups attached to an aromatic ring is 1. The largest absolute Gasteiger partial charge is 0.488 e. The summed E-state index contributed by atoms with van der Waals surface area (Å²) in [5, 5.41) is 0.597. The number of fused-ring (bicyclic) bond motifs is 2. The summed E-state index contributed by atoms with van der Waals surface area (Å²) in [6.07, 6.45) is 11.9. The summed E-state index contributed by atoms with van der Waals surface area (Å²) in [6, 6.07) is 2.17. The highest BCUT2D eigenvalue weighted by molar-refractivity contribution is 7.23. The minimum absolute atomic E-state index is 0.0320. The van der Waals surface area contributed by atoms with E-state index in [4.69, 9.17) is 44.8 Å². The van der Waals surface area contributed by atoms with Gasteiger partial charge in [-0.3, -0.25) is 4.90 Å². The number of nitrogens with zero attached hydrogens (tertiary/aromatic N) is 5. The van der Waals surface area contributed by atoms with Crippen LogP contribution in [0, 0.1) is 36.5 Å². The van der Waals surface area contributed by atoms with Gasteiger partial charge in [0.15, 0.2) is 11.6 Å². The highest BCUT2D eigenvalue weighted by Gasteiger charge is 2.62. The molecule has 0 spiro atoms. The maximum atomic E-state index is 17.3. The van der Waals surface area contributed by atoms with Crippen LogP contribution in [0.1, 0.15) is 38.5 Å². The number of terminal acetylenes is 1. The Morgan fingerprint density at radius 2 is 2.09 bits per heavy atom. The van der Waals surface area contributed by atoms with Crippen molar-refractivity contribution in [2.24, 2.45) is 5.92 Å². The Morgan fingerprint density at radius 3 is 2.81 bits per heavy atom. The van der Waals surface area contributed by atoms with Gasteiger partial charge in [0.25, 0.3) is 0 Å². The number of nitrogens with two attached hydrogens (primary N) is 1. The van der Waals surface area contributed by atoms with Crippen LogP contribution < -0.4 is 20.1 Å². The first kappa shape index (κ1) is 29.0. The maximum absolute atomic E-state index is 17.3. The molecule has 3 aliphatic carbocycles. The summed E-state index contributed by atoms with van der Waals surface area (Å²) >= 11 is 8.02. The zero-order valence-electron chi connectivity index (χ0n) is 25.3. The summed E-state index contributed by atoms with van der Waals surface area (Å²) in [4.78, 5) is 17.7. The van der Waals surface area contributed by atoms with Gasteiger partial charge in [0.1, 0.15) is 36.4 Å². The molecule has 5 fully saturated rings. The van der Waals surface area contributed by atoms with Gasteiger partial charge in [0.05, 0.1) is 32.2 Å². The maximum Gasteiger partial charge on any atom is 0.319 e. The highest BCUT2D eigenvalue weighted by atomic mass is 35.5. The molecule has 5 heterocycles. The van der Waals surface area contributed by atoms with E-state index in [1.54, 1.807) is 0 Å². The molecule has 2 N–H and O–H groups in total. The molecule has 2 bridgehead atoms. The van der Waals surface area contributed by atoms with Gasteiger partial charge < -0.3 is 20.1 Å². The van der Waals surface area contributed by atoms with Crippen LogP contribution in [0.4, 0.5) is 25.3 Å². The van der Waals surface area contributed by atoms with Gasteiger partial charge in [-0.05, 0) is 62.6 Å². The average Bonchev–Trinajstić information content (AvgIpc) is 3.61. The molecule has 2 aromatic carbocycles. The Kier molecular flexibility index (Phi) is 6.13. The van der Waals surface area contributed by atoms with Crippen LogP contribution in [-0.4, -0.2) is 58.3 Å². The third-order valence-electron chi connectivity index (χ3n) is 11.0. The van der Waals surface area contributed by atoms with Crippen molar-refractivity contribution in [3.05, 3.63) is 52.4 Å². The van der Waals surface area contributed by atoms with Crippen LogP contribution in [0.3, 0.4) is 0 Å². The number of aromatic nitrogens is 2. The van der Waals surface area contributed by atoms with Crippen LogP contribution >= 0.6 is 22.9 Å². The lowest BCUT2D eigenvalue weighted by molar-refractivity contribution is -0.0301. The summed E-state index contributed by atoms with van der Waals surface area (Å²) < 4.78 is 45.2. The molecular formula is C35H29ClF2N6O2S. The fourth-order valence-electron chi connectivity index (χ4n) is 8.77. The predicted molar refractivity (Wildman–Crippen MR) is 179 cm³/mol. The molecular weight excluding hydrogens is 642 g/mol. The van der Waals surface area contributed by atoms with E-state index in [9.17, 15) is 0 Å². The van der Waals surface area contributed by atoms with E-state index >= 15 is 8.78 Å². The number of hydrogen-bond donors (Lipinski definition) is 1. The van der Waals surface area contributed by atoms with Crippen molar-refractivity contribution in [1.82, 2.24) is 14.9 Å². The van der Waals surface area contributed by atoms with Crippen molar-refractivity contribution in [2.45, 2.75) is 55.6 Å². The van der Waals surface area contributed by atoms with Gasteiger partial charge in [-0.1, -0.05) is 35.7 Å². The third-order valence-corrected chi connectivity index (χ3v) is 12.3. The molecule has 0 radical (unpaired) electrons. The molecule has 3 aliphatic heterocycles. The van der Waals surface area contributed by atoms with E-state index in [0.29, 0.717) is 23.7 Å². The number of thiophene rings is 1. The standard InChI is InChI=1S/C35H29ClF2N6O2S/c1-4-19-15-45-29-24-27(26(38)22(25(29)36)20-6-7-21(37)30-23(20)28(40-3)31(39)47-30)41-33(42-32(24)44(19)35-11-18(12-35)13-35)46-16-34-8-5-9-43(34)14-17(2)10-34/h1,6-7,18-19H,2,5,8-16,39H2/t18?,19-,34+,35?/m1/s1. The Morgan fingerprint density at radius 1 is 1.28 bits per heavy atom. The summed E-state index contributed by atoms with van der Waals surface area (Å²) in [5.74, 6) is 2.82. The summed E-state index contributed by atoms with van der Waals surface area (Å²) in [7, 11) is 0. The van der Waals surface area contributed by atoms with Gasteiger partial charge in [0, 0.05) is 23.0 Å². The van der Waals surface area contributed by atoms with Gasteiger partial charge in [0.2, 0.25) is 5.69 Å². The van der Waals surface area contributed by atoms with Crippen LogP contribution in [0.25, 0.3) is 37.0 Å². The molecule has 238 valence electrons. The van der Waals surface area contributed by atoms with E-state index < -0.39 is 17.7 Å². The monoisotopic (exact) mass is 670 g/mol. The fourth-order valence-corrected chi connectivity index (χ4v) is 10.0. The third kappa shape index (κ3) is 3.88. The second-order valence-electron chi connectivity index (χ2n) is 13.6. The van der Waals surface area contributed by atoms with E-state index in [2.05, 4.69) is 32.1 Å². The molecule has 4 aromatic rings. The Hall–Kier alpha value is -4.16. The molecule has 0 unspecified atom stereocenters. The van der Waals surface area contributed by atoms with E-state index in [1.165, 1.54) is 12.1 Å². The quantitative estimate of drug-likeness (QED) is 0.134. The zero-order chi connectivity index (χ0) is 32.4. The van der Waals surface area contributed by atoms with Crippen molar-refractivity contribution in [3.63, 3.8) is 0 Å². The lowest BCUT2D eigenvalue weighted by Crippen LogP contribution is -2.71. The summed E-state index contributed by atoms with van der Waals surface area (Å²) in [5.41, 5.74) is 7.01. The number of rotatable bonds is 5. The fraction of sp³-hybridized carbons (Fsp3) is 0.400. The van der Waals surface area contributed by atoms with E-state index in [1.807, 2.05) is 0 Å². The first-order valence-electron chi connectivity index (χ1n) is 15.7. The number of ether oxygens (including phenoxy) is 2. The van der Waals surface area contributed by atoms with Gasteiger partial charge >= 0.3 is 6.01 Å². The number of halogens is 3. The highest BCUT2D eigenvalue weighted by Crippen LogP contribution is 2.63. The smallest absolute Gasteiger partial charge is 0.319 e. The van der Waals surface area contributed by atoms with E-state index in [-0.39, 0.29) is 71.9 Å². The molecule has 2 atom stereocenters. The van der Waals surface area contributed by atoms with Crippen molar-refractivity contribution >= 4 is 60.4 Å².